The van der Waals surface area contributed by atoms with Gasteiger partial charge in [-0.3, -0.25) is 14.4 Å². The quantitative estimate of drug-likeness (QED) is 0.466. The lowest BCUT2D eigenvalue weighted by atomic mass is 10.1. The number of benzene rings is 3. The lowest BCUT2D eigenvalue weighted by Gasteiger charge is -2.17. The van der Waals surface area contributed by atoms with Crippen LogP contribution in [0.3, 0.4) is 0 Å². The Labute approximate surface area is 215 Å². The molecule has 3 aromatic rings. The summed E-state index contributed by atoms with van der Waals surface area (Å²) in [5.41, 5.74) is 4.49. The summed E-state index contributed by atoms with van der Waals surface area (Å²) < 4.78 is 5.60. The van der Waals surface area contributed by atoms with Gasteiger partial charge in [0.2, 0.25) is 11.8 Å². The molecule has 1 aliphatic rings. The number of aryl methyl sites for hydroxylation is 2. The van der Waals surface area contributed by atoms with Gasteiger partial charge in [0, 0.05) is 35.9 Å². The molecule has 1 aliphatic heterocycles. The van der Waals surface area contributed by atoms with Gasteiger partial charge in [-0.2, -0.15) is 0 Å². The second-order valence-electron chi connectivity index (χ2n) is 8.90. The highest BCUT2D eigenvalue weighted by atomic mass is 35.5. The van der Waals surface area contributed by atoms with E-state index in [1.807, 2.05) is 44.2 Å². The topological polar surface area (TPSA) is 87.7 Å². The molecule has 1 saturated heterocycles. The standard InChI is InChI=1S/C28H28ClN3O4/c1-18-3-12-25(19(2)13-18)31-26(33)17-36-24-10-8-23(9-11-24)32-16-21(14-27(32)34)28(35)30-15-20-4-6-22(29)7-5-20/h3-13,21H,14-17H2,1-2H3,(H,30,35)(H,31,33)/t21-/m0/s1. The lowest BCUT2D eigenvalue weighted by molar-refractivity contribution is -0.126. The van der Waals surface area contributed by atoms with Crippen LogP contribution in [0.15, 0.2) is 66.7 Å². The Morgan fingerprint density at radius 1 is 1.03 bits per heavy atom. The van der Waals surface area contributed by atoms with Gasteiger partial charge >= 0.3 is 0 Å². The number of hydrogen-bond donors (Lipinski definition) is 2. The van der Waals surface area contributed by atoms with Crippen LogP contribution in [0.2, 0.25) is 5.02 Å². The summed E-state index contributed by atoms with van der Waals surface area (Å²) >= 11 is 5.89. The molecule has 0 bridgehead atoms. The minimum atomic E-state index is -0.422. The van der Waals surface area contributed by atoms with Gasteiger partial charge in [-0.05, 0) is 67.4 Å². The van der Waals surface area contributed by atoms with Crippen LogP contribution >= 0.6 is 11.6 Å². The summed E-state index contributed by atoms with van der Waals surface area (Å²) in [7, 11) is 0. The van der Waals surface area contributed by atoms with Crippen molar-refractivity contribution in [3.63, 3.8) is 0 Å². The molecule has 1 fully saturated rings. The second-order valence-corrected chi connectivity index (χ2v) is 9.34. The highest BCUT2D eigenvalue weighted by Gasteiger charge is 2.35. The fraction of sp³-hybridized carbons (Fsp3) is 0.250. The number of carbonyl (C=O) groups excluding carboxylic acids is 3. The summed E-state index contributed by atoms with van der Waals surface area (Å²) in [5.74, 6) is -0.431. The van der Waals surface area contributed by atoms with Gasteiger partial charge in [-0.25, -0.2) is 0 Å². The molecule has 4 rings (SSSR count). The molecule has 0 radical (unpaired) electrons. The van der Waals surface area contributed by atoms with Crippen molar-refractivity contribution >= 4 is 40.7 Å². The number of rotatable bonds is 8. The zero-order valence-corrected chi connectivity index (χ0v) is 21.0. The van der Waals surface area contributed by atoms with E-state index in [-0.39, 0.29) is 30.7 Å². The van der Waals surface area contributed by atoms with Gasteiger partial charge < -0.3 is 20.3 Å². The fourth-order valence-electron chi connectivity index (χ4n) is 4.08. The van der Waals surface area contributed by atoms with E-state index in [4.69, 9.17) is 16.3 Å². The largest absolute Gasteiger partial charge is 0.484 e. The van der Waals surface area contributed by atoms with Crippen LogP contribution in [0, 0.1) is 19.8 Å². The third-order valence-electron chi connectivity index (χ3n) is 6.05. The summed E-state index contributed by atoms with van der Waals surface area (Å²) in [4.78, 5) is 39.0. The molecule has 1 atom stereocenters. The number of amides is 3. The highest BCUT2D eigenvalue weighted by molar-refractivity contribution is 6.30. The van der Waals surface area contributed by atoms with Crippen LogP contribution in [0.25, 0.3) is 0 Å². The molecule has 3 amide bonds. The Kier molecular flexibility index (Phi) is 7.90. The molecule has 2 N–H and O–H groups in total. The molecule has 186 valence electrons. The van der Waals surface area contributed by atoms with Crippen molar-refractivity contribution in [2.45, 2.75) is 26.8 Å². The molecule has 36 heavy (non-hydrogen) atoms. The van der Waals surface area contributed by atoms with Gasteiger partial charge in [-0.1, -0.05) is 41.4 Å². The molecule has 0 unspecified atom stereocenters. The number of ether oxygens (including phenoxy) is 1. The molecule has 1 heterocycles. The van der Waals surface area contributed by atoms with Crippen LogP contribution < -0.4 is 20.3 Å². The smallest absolute Gasteiger partial charge is 0.262 e. The van der Waals surface area contributed by atoms with Crippen LogP contribution in [-0.2, 0) is 20.9 Å². The monoisotopic (exact) mass is 505 g/mol. The first-order valence-corrected chi connectivity index (χ1v) is 12.1. The fourth-order valence-corrected chi connectivity index (χ4v) is 4.21. The first-order valence-electron chi connectivity index (χ1n) is 11.7. The van der Waals surface area contributed by atoms with Crippen molar-refractivity contribution < 1.29 is 19.1 Å². The van der Waals surface area contributed by atoms with Crippen molar-refractivity contribution in [3.8, 4) is 5.75 Å². The number of anilines is 2. The van der Waals surface area contributed by atoms with Crippen molar-refractivity contribution in [2.75, 3.05) is 23.4 Å². The molecule has 0 aliphatic carbocycles. The van der Waals surface area contributed by atoms with Crippen LogP contribution in [0.5, 0.6) is 5.75 Å². The van der Waals surface area contributed by atoms with E-state index in [0.29, 0.717) is 29.5 Å². The molecule has 8 heteroatoms. The number of carbonyl (C=O) groups is 3. The minimum absolute atomic E-state index is 0.108. The zero-order chi connectivity index (χ0) is 25.7. The Morgan fingerprint density at radius 3 is 2.44 bits per heavy atom. The van der Waals surface area contributed by atoms with E-state index in [0.717, 1.165) is 22.4 Å². The average Bonchev–Trinajstić information content (AvgIpc) is 3.26. The normalized spacial score (nSPS) is 15.0. The van der Waals surface area contributed by atoms with Gasteiger partial charge in [-0.15, -0.1) is 0 Å². The minimum Gasteiger partial charge on any atom is -0.484 e. The van der Waals surface area contributed by atoms with Gasteiger partial charge in [0.05, 0.1) is 5.92 Å². The van der Waals surface area contributed by atoms with E-state index in [2.05, 4.69) is 10.6 Å². The molecular formula is C28H28ClN3O4. The van der Waals surface area contributed by atoms with E-state index in [1.54, 1.807) is 41.3 Å². The van der Waals surface area contributed by atoms with Gasteiger partial charge in [0.25, 0.3) is 5.91 Å². The Balaban J connectivity index is 1.27. The van der Waals surface area contributed by atoms with E-state index in [1.165, 1.54) is 0 Å². The highest BCUT2D eigenvalue weighted by Crippen LogP contribution is 2.27. The molecule has 0 aromatic heterocycles. The Bertz CT molecular complexity index is 1260. The van der Waals surface area contributed by atoms with E-state index in [9.17, 15) is 14.4 Å². The number of hydrogen-bond acceptors (Lipinski definition) is 4. The lowest BCUT2D eigenvalue weighted by Crippen LogP contribution is -2.32. The molecule has 0 spiro atoms. The van der Waals surface area contributed by atoms with Crippen molar-refractivity contribution in [3.05, 3.63) is 88.4 Å². The maximum atomic E-state index is 12.6. The summed E-state index contributed by atoms with van der Waals surface area (Å²) in [6.07, 6.45) is 0.156. The third-order valence-corrected chi connectivity index (χ3v) is 6.30. The number of nitrogens with zero attached hydrogens (tertiary/aromatic N) is 1. The predicted octanol–water partition coefficient (Wildman–Crippen LogP) is 4.64. The Hall–Kier alpha value is -3.84. The first-order chi connectivity index (χ1) is 17.3. The molecule has 3 aromatic carbocycles. The van der Waals surface area contributed by atoms with Gasteiger partial charge in [0.15, 0.2) is 6.61 Å². The van der Waals surface area contributed by atoms with E-state index < -0.39 is 5.92 Å². The zero-order valence-electron chi connectivity index (χ0n) is 20.2. The SMILES string of the molecule is Cc1ccc(NC(=O)COc2ccc(N3C[C@@H](C(=O)NCc4ccc(Cl)cc4)CC3=O)cc2)c(C)c1. The maximum Gasteiger partial charge on any atom is 0.262 e. The average molecular weight is 506 g/mol. The summed E-state index contributed by atoms with van der Waals surface area (Å²) in [5, 5.41) is 6.38. The number of nitrogens with one attached hydrogen (secondary N) is 2. The van der Waals surface area contributed by atoms with Gasteiger partial charge in [0.1, 0.15) is 5.75 Å². The summed E-state index contributed by atoms with van der Waals surface area (Å²) in [6, 6.07) is 20.0. The van der Waals surface area contributed by atoms with E-state index >= 15 is 0 Å². The van der Waals surface area contributed by atoms with Crippen LogP contribution in [-0.4, -0.2) is 30.9 Å². The molecular weight excluding hydrogens is 478 g/mol. The van der Waals surface area contributed by atoms with Crippen molar-refractivity contribution in [1.29, 1.82) is 0 Å². The third kappa shape index (κ3) is 6.43. The predicted molar refractivity (Wildman–Crippen MR) is 140 cm³/mol. The van der Waals surface area contributed by atoms with Crippen molar-refractivity contribution in [2.24, 2.45) is 5.92 Å². The van der Waals surface area contributed by atoms with Crippen LogP contribution in [0.1, 0.15) is 23.1 Å². The molecule has 7 nitrogen and oxygen atoms in total. The van der Waals surface area contributed by atoms with Crippen LogP contribution in [0.4, 0.5) is 11.4 Å². The number of halogens is 1. The summed E-state index contributed by atoms with van der Waals surface area (Å²) in [6.45, 7) is 4.49. The molecule has 0 saturated carbocycles. The maximum absolute atomic E-state index is 12.6. The first kappa shape index (κ1) is 25.3. The Morgan fingerprint density at radius 2 is 1.75 bits per heavy atom. The second kappa shape index (κ2) is 11.3. The van der Waals surface area contributed by atoms with Crippen molar-refractivity contribution in [1.82, 2.24) is 5.32 Å².